The van der Waals surface area contributed by atoms with Crippen molar-refractivity contribution in [2.75, 3.05) is 19.8 Å². The summed E-state index contributed by atoms with van der Waals surface area (Å²) in [4.78, 5) is 12.2. The first-order valence-corrected chi connectivity index (χ1v) is 6.98. The Morgan fingerprint density at radius 1 is 1.48 bits per heavy atom. The maximum atomic E-state index is 13.5. The molecule has 1 aromatic rings. The molecule has 1 fully saturated rings. The Kier molecular flexibility index (Phi) is 5.14. The van der Waals surface area contributed by atoms with Gasteiger partial charge in [0, 0.05) is 13.2 Å². The highest BCUT2D eigenvalue weighted by Gasteiger charge is 2.35. The molecule has 0 spiro atoms. The van der Waals surface area contributed by atoms with Crippen LogP contribution < -0.4 is 10.1 Å². The van der Waals surface area contributed by atoms with Gasteiger partial charge in [0.15, 0.2) is 17.7 Å². The molecule has 1 heterocycles. The average Bonchev–Trinajstić information content (AvgIpc) is 2.50. The lowest BCUT2D eigenvalue weighted by molar-refractivity contribution is -0.131. The Labute approximate surface area is 123 Å². The summed E-state index contributed by atoms with van der Waals surface area (Å²) in [6.45, 7) is 2.37. The zero-order chi connectivity index (χ0) is 15.3. The molecule has 0 saturated carbocycles. The van der Waals surface area contributed by atoms with E-state index in [0.29, 0.717) is 26.1 Å². The summed E-state index contributed by atoms with van der Waals surface area (Å²) in [6, 6.07) is 5.93. The van der Waals surface area contributed by atoms with E-state index in [4.69, 9.17) is 9.47 Å². The minimum Gasteiger partial charge on any atom is -0.478 e. The summed E-state index contributed by atoms with van der Waals surface area (Å²) in [7, 11) is 0. The van der Waals surface area contributed by atoms with Gasteiger partial charge < -0.3 is 19.9 Å². The second-order valence-corrected chi connectivity index (χ2v) is 5.23. The smallest absolute Gasteiger partial charge is 0.261 e. The molecule has 0 aromatic heterocycles. The van der Waals surface area contributed by atoms with E-state index < -0.39 is 17.5 Å². The SMILES string of the molecule is CC(Oc1ccccc1F)C(=O)NC1(CO)CCOCC1. The minimum absolute atomic E-state index is 0.0326. The van der Waals surface area contributed by atoms with Crippen molar-refractivity contribution < 1.29 is 23.8 Å². The van der Waals surface area contributed by atoms with Crippen LogP contribution in [0.25, 0.3) is 0 Å². The Hall–Kier alpha value is -1.66. The van der Waals surface area contributed by atoms with Crippen LogP contribution in [0.5, 0.6) is 5.75 Å². The molecular weight excluding hydrogens is 277 g/mol. The molecule has 2 N–H and O–H groups in total. The van der Waals surface area contributed by atoms with E-state index in [1.54, 1.807) is 19.1 Å². The number of para-hydroxylation sites is 1. The Bertz CT molecular complexity index is 488. The number of rotatable bonds is 5. The maximum Gasteiger partial charge on any atom is 0.261 e. The summed E-state index contributed by atoms with van der Waals surface area (Å²) in [6.07, 6.45) is 0.233. The lowest BCUT2D eigenvalue weighted by Crippen LogP contribution is -2.57. The van der Waals surface area contributed by atoms with E-state index in [-0.39, 0.29) is 18.3 Å². The number of halogens is 1. The lowest BCUT2D eigenvalue weighted by atomic mass is 9.91. The fraction of sp³-hybridized carbons (Fsp3) is 0.533. The van der Waals surface area contributed by atoms with Crippen molar-refractivity contribution in [3.63, 3.8) is 0 Å². The maximum absolute atomic E-state index is 13.5. The van der Waals surface area contributed by atoms with Crippen LogP contribution >= 0.6 is 0 Å². The summed E-state index contributed by atoms with van der Waals surface area (Å²) < 4.78 is 24.1. The molecule has 2 rings (SSSR count). The topological polar surface area (TPSA) is 67.8 Å². The monoisotopic (exact) mass is 297 g/mol. The predicted molar refractivity (Wildman–Crippen MR) is 74.5 cm³/mol. The third-order valence-electron chi connectivity index (χ3n) is 3.65. The molecule has 116 valence electrons. The largest absolute Gasteiger partial charge is 0.478 e. The van der Waals surface area contributed by atoms with Crippen LogP contribution in [-0.4, -0.2) is 42.5 Å². The molecule has 1 atom stereocenters. The van der Waals surface area contributed by atoms with E-state index >= 15 is 0 Å². The van der Waals surface area contributed by atoms with Crippen molar-refractivity contribution in [3.8, 4) is 5.75 Å². The number of hydrogen-bond acceptors (Lipinski definition) is 4. The van der Waals surface area contributed by atoms with Crippen molar-refractivity contribution in [1.82, 2.24) is 5.32 Å². The number of benzene rings is 1. The van der Waals surface area contributed by atoms with E-state index in [0.717, 1.165) is 0 Å². The van der Waals surface area contributed by atoms with Crippen LogP contribution in [0.3, 0.4) is 0 Å². The van der Waals surface area contributed by atoms with Gasteiger partial charge in [-0.1, -0.05) is 12.1 Å². The summed E-state index contributed by atoms with van der Waals surface area (Å²) in [5.74, 6) is -0.862. The first-order valence-electron chi connectivity index (χ1n) is 6.98. The van der Waals surface area contributed by atoms with Crippen molar-refractivity contribution in [1.29, 1.82) is 0 Å². The van der Waals surface area contributed by atoms with Gasteiger partial charge in [-0.3, -0.25) is 4.79 Å². The molecule has 0 radical (unpaired) electrons. The Morgan fingerprint density at radius 3 is 2.76 bits per heavy atom. The molecule has 1 aliphatic heterocycles. The van der Waals surface area contributed by atoms with Gasteiger partial charge in [-0.05, 0) is 31.9 Å². The Balaban J connectivity index is 1.97. The van der Waals surface area contributed by atoms with Gasteiger partial charge >= 0.3 is 0 Å². The third-order valence-corrected chi connectivity index (χ3v) is 3.65. The molecule has 1 aromatic carbocycles. The molecule has 1 amide bonds. The third kappa shape index (κ3) is 3.92. The second kappa shape index (κ2) is 6.87. The highest BCUT2D eigenvalue weighted by atomic mass is 19.1. The molecule has 1 saturated heterocycles. The highest BCUT2D eigenvalue weighted by Crippen LogP contribution is 2.21. The zero-order valence-electron chi connectivity index (χ0n) is 12.0. The molecule has 6 heteroatoms. The van der Waals surface area contributed by atoms with Gasteiger partial charge in [0.25, 0.3) is 5.91 Å². The van der Waals surface area contributed by atoms with E-state index in [9.17, 15) is 14.3 Å². The number of ether oxygens (including phenoxy) is 2. The van der Waals surface area contributed by atoms with Crippen LogP contribution in [0.15, 0.2) is 24.3 Å². The quantitative estimate of drug-likeness (QED) is 0.858. The standard InChI is InChI=1S/C15H20FNO4/c1-11(21-13-5-3-2-4-12(13)16)14(19)17-15(10-18)6-8-20-9-7-15/h2-5,11,18H,6-10H2,1H3,(H,17,19). The first-order chi connectivity index (χ1) is 10.1. The second-order valence-electron chi connectivity index (χ2n) is 5.23. The average molecular weight is 297 g/mol. The fourth-order valence-corrected chi connectivity index (χ4v) is 2.23. The molecule has 5 nitrogen and oxygen atoms in total. The lowest BCUT2D eigenvalue weighted by Gasteiger charge is -2.37. The van der Waals surface area contributed by atoms with Crippen molar-refractivity contribution in [3.05, 3.63) is 30.1 Å². The molecule has 0 aliphatic carbocycles. The summed E-state index contributed by atoms with van der Waals surface area (Å²) in [5.41, 5.74) is -0.678. The van der Waals surface area contributed by atoms with E-state index in [1.165, 1.54) is 12.1 Å². The van der Waals surface area contributed by atoms with E-state index in [1.807, 2.05) is 0 Å². The molecular formula is C15H20FNO4. The van der Waals surface area contributed by atoms with Crippen molar-refractivity contribution in [2.45, 2.75) is 31.4 Å². The number of hydrogen-bond donors (Lipinski definition) is 2. The van der Waals surface area contributed by atoms with Crippen molar-refractivity contribution >= 4 is 5.91 Å². The van der Waals surface area contributed by atoms with Crippen LogP contribution in [0.4, 0.5) is 4.39 Å². The van der Waals surface area contributed by atoms with Crippen LogP contribution in [0, 0.1) is 5.82 Å². The Morgan fingerprint density at radius 2 is 2.14 bits per heavy atom. The molecule has 1 aliphatic rings. The fourth-order valence-electron chi connectivity index (χ4n) is 2.23. The summed E-state index contributed by atoms with van der Waals surface area (Å²) >= 11 is 0. The van der Waals surface area contributed by atoms with Gasteiger partial charge in [-0.25, -0.2) is 4.39 Å². The number of amides is 1. The minimum atomic E-state index is -0.854. The number of aliphatic hydroxyl groups excluding tert-OH is 1. The highest BCUT2D eigenvalue weighted by molar-refractivity contribution is 5.81. The molecule has 1 unspecified atom stereocenters. The molecule has 21 heavy (non-hydrogen) atoms. The van der Waals surface area contributed by atoms with Crippen LogP contribution in [0.2, 0.25) is 0 Å². The zero-order valence-corrected chi connectivity index (χ0v) is 12.0. The van der Waals surface area contributed by atoms with Gasteiger partial charge in [-0.2, -0.15) is 0 Å². The molecule has 0 bridgehead atoms. The van der Waals surface area contributed by atoms with Crippen molar-refractivity contribution in [2.24, 2.45) is 0 Å². The van der Waals surface area contributed by atoms with Gasteiger partial charge in [0.2, 0.25) is 0 Å². The number of aliphatic hydroxyl groups is 1. The number of nitrogens with one attached hydrogen (secondary N) is 1. The number of carbonyl (C=O) groups is 1. The van der Waals surface area contributed by atoms with Gasteiger partial charge in [0.1, 0.15) is 0 Å². The van der Waals surface area contributed by atoms with E-state index in [2.05, 4.69) is 5.32 Å². The van der Waals surface area contributed by atoms with Crippen LogP contribution in [-0.2, 0) is 9.53 Å². The van der Waals surface area contributed by atoms with Crippen LogP contribution in [0.1, 0.15) is 19.8 Å². The first kappa shape index (κ1) is 15.7. The normalized spacial score (nSPS) is 18.8. The number of carbonyl (C=O) groups excluding carboxylic acids is 1. The van der Waals surface area contributed by atoms with Gasteiger partial charge in [0.05, 0.1) is 12.1 Å². The predicted octanol–water partition coefficient (Wildman–Crippen LogP) is 1.25. The summed E-state index contributed by atoms with van der Waals surface area (Å²) in [5, 5.41) is 12.3. The van der Waals surface area contributed by atoms with Gasteiger partial charge in [-0.15, -0.1) is 0 Å².